The predicted octanol–water partition coefficient (Wildman–Crippen LogP) is 2.60. The van der Waals surface area contributed by atoms with Gasteiger partial charge in [0.2, 0.25) is 15.9 Å². The van der Waals surface area contributed by atoms with Gasteiger partial charge in [0.1, 0.15) is 0 Å². The van der Waals surface area contributed by atoms with Gasteiger partial charge >= 0.3 is 12.1 Å². The van der Waals surface area contributed by atoms with Crippen LogP contribution in [0.3, 0.4) is 0 Å². The van der Waals surface area contributed by atoms with E-state index in [2.05, 4.69) is 37.9 Å². The fourth-order valence-corrected chi connectivity index (χ4v) is 5.04. The van der Waals surface area contributed by atoms with Gasteiger partial charge in [0.15, 0.2) is 0 Å². The predicted molar refractivity (Wildman–Crippen MR) is 135 cm³/mol. The van der Waals surface area contributed by atoms with Crippen LogP contribution in [0.25, 0.3) is 0 Å². The number of benzene rings is 1. The Morgan fingerprint density at radius 2 is 1.54 bits per heavy atom. The van der Waals surface area contributed by atoms with Crippen LogP contribution >= 0.6 is 0 Å². The van der Waals surface area contributed by atoms with Crippen LogP contribution < -0.4 is 5.32 Å². The summed E-state index contributed by atoms with van der Waals surface area (Å²) in [7, 11) is -3.66. The molecular weight excluding hydrogens is 513 g/mol. The molecule has 0 aromatic heterocycles. The molecule has 212 valence electrons. The second-order valence-electron chi connectivity index (χ2n) is 8.84. The van der Waals surface area contributed by atoms with E-state index in [1.54, 1.807) is 12.1 Å². The lowest BCUT2D eigenvalue weighted by molar-refractivity contribution is -0.192. The van der Waals surface area contributed by atoms with Crippen molar-refractivity contribution < 1.29 is 36.3 Å². The van der Waals surface area contributed by atoms with Crippen LogP contribution in [0.2, 0.25) is 0 Å². The minimum Gasteiger partial charge on any atom is -0.475 e. The summed E-state index contributed by atoms with van der Waals surface area (Å²) in [6.07, 6.45) is -4.87. The molecule has 0 unspecified atom stereocenters. The van der Waals surface area contributed by atoms with Crippen molar-refractivity contribution in [1.82, 2.24) is 19.4 Å². The Morgan fingerprint density at radius 3 is 1.97 bits per heavy atom. The van der Waals surface area contributed by atoms with Crippen LogP contribution in [-0.4, -0.2) is 105 Å². The molecule has 2 rings (SSSR count). The minimum absolute atomic E-state index is 0.0229. The van der Waals surface area contributed by atoms with Crippen LogP contribution in [-0.2, 0) is 19.6 Å². The molecule has 1 amide bonds. The number of hydrogen-bond acceptors (Lipinski definition) is 6. The molecule has 1 aromatic rings. The van der Waals surface area contributed by atoms with Gasteiger partial charge in [-0.05, 0) is 36.7 Å². The number of carboxylic acids is 1. The quantitative estimate of drug-likeness (QED) is 0.434. The van der Waals surface area contributed by atoms with Gasteiger partial charge in [-0.1, -0.05) is 39.8 Å². The number of piperazine rings is 1. The molecule has 0 spiro atoms. The first-order valence-electron chi connectivity index (χ1n) is 12.3. The van der Waals surface area contributed by atoms with E-state index in [4.69, 9.17) is 9.90 Å². The van der Waals surface area contributed by atoms with Crippen molar-refractivity contribution in [2.24, 2.45) is 0 Å². The monoisotopic (exact) mass is 552 g/mol. The summed E-state index contributed by atoms with van der Waals surface area (Å²) in [4.78, 5) is 25.8. The first-order valence-corrected chi connectivity index (χ1v) is 13.8. The Bertz CT molecular complexity index is 946. The van der Waals surface area contributed by atoms with Gasteiger partial charge in [-0.3, -0.25) is 4.79 Å². The van der Waals surface area contributed by atoms with E-state index in [1.165, 1.54) is 4.31 Å². The molecule has 1 fully saturated rings. The number of likely N-dealkylation sites (N-methyl/N-ethyl adjacent to an activating group) is 1. The first-order chi connectivity index (χ1) is 17.2. The minimum atomic E-state index is -5.08. The first kappa shape index (κ1) is 32.8. The van der Waals surface area contributed by atoms with Crippen LogP contribution in [0.1, 0.15) is 45.6 Å². The number of carboxylic acid groups (broad SMARTS) is 1. The smallest absolute Gasteiger partial charge is 0.475 e. The van der Waals surface area contributed by atoms with Gasteiger partial charge in [-0.2, -0.15) is 17.5 Å². The number of sulfonamides is 1. The number of carbonyl (C=O) groups excluding carboxylic acids is 1. The van der Waals surface area contributed by atoms with Crippen molar-refractivity contribution in [3.63, 3.8) is 0 Å². The number of nitrogens with one attached hydrogen (secondary N) is 1. The molecule has 0 bridgehead atoms. The molecule has 1 aromatic carbocycles. The maximum atomic E-state index is 13.4. The molecule has 2 N–H and O–H groups in total. The average molecular weight is 553 g/mol. The van der Waals surface area contributed by atoms with E-state index in [0.717, 1.165) is 31.7 Å². The van der Waals surface area contributed by atoms with Gasteiger partial charge in [-0.15, -0.1) is 0 Å². The zero-order valence-corrected chi connectivity index (χ0v) is 22.7. The Hall–Kier alpha value is -2.22. The molecule has 0 radical (unpaired) electrons. The van der Waals surface area contributed by atoms with Crippen molar-refractivity contribution in [3.8, 4) is 0 Å². The highest BCUT2D eigenvalue weighted by molar-refractivity contribution is 7.89. The number of rotatable bonds is 11. The van der Waals surface area contributed by atoms with Gasteiger partial charge in [0.05, 0.1) is 4.90 Å². The molecule has 1 aliphatic rings. The topological polar surface area (TPSA) is 110 Å². The molecular formula is C24H39F3N4O5S. The summed E-state index contributed by atoms with van der Waals surface area (Å²) in [5.74, 6) is -2.39. The van der Waals surface area contributed by atoms with E-state index in [1.807, 2.05) is 17.0 Å². The highest BCUT2D eigenvalue weighted by Crippen LogP contribution is 2.21. The highest BCUT2D eigenvalue weighted by Gasteiger charge is 2.38. The molecule has 0 aliphatic carbocycles. The summed E-state index contributed by atoms with van der Waals surface area (Å²) < 4.78 is 59.9. The molecule has 13 heteroatoms. The second-order valence-corrected chi connectivity index (χ2v) is 10.8. The van der Waals surface area contributed by atoms with Crippen molar-refractivity contribution in [1.29, 1.82) is 0 Å². The SMILES string of the molecule is CCN(CC)CCN(CCC(=O)N1CCNCC1)S(=O)(=O)c1ccc(C(C)C)cc1.O=C(O)C(F)(F)F. The standard InChI is InChI=1S/C22H38N4O3S.C2HF3O2/c1-5-24(6-2)17-18-26(14-11-22(27)25-15-12-23-13-16-25)30(28,29)21-9-7-20(8-10-21)19(3)4;3-2(4,5)1(6)7/h7-10,19,23H,5-6,11-18H2,1-4H3;(H,6,7). The molecule has 9 nitrogen and oxygen atoms in total. The summed E-state index contributed by atoms with van der Waals surface area (Å²) in [6, 6.07) is 7.14. The molecule has 1 aliphatic heterocycles. The number of amides is 1. The number of hydrogen-bond donors (Lipinski definition) is 2. The number of halogens is 3. The van der Waals surface area contributed by atoms with E-state index in [9.17, 15) is 26.4 Å². The second kappa shape index (κ2) is 15.3. The van der Waals surface area contributed by atoms with Gasteiger partial charge in [0, 0.05) is 52.2 Å². The zero-order chi connectivity index (χ0) is 28.2. The van der Waals surface area contributed by atoms with Crippen LogP contribution in [0.15, 0.2) is 29.2 Å². The van der Waals surface area contributed by atoms with Gasteiger partial charge in [-0.25, -0.2) is 13.2 Å². The van der Waals surface area contributed by atoms with Crippen LogP contribution in [0, 0.1) is 0 Å². The van der Waals surface area contributed by atoms with Crippen LogP contribution in [0.4, 0.5) is 13.2 Å². The number of carbonyl (C=O) groups is 2. The average Bonchev–Trinajstić information content (AvgIpc) is 2.86. The third kappa shape index (κ3) is 11.0. The van der Waals surface area contributed by atoms with E-state index in [0.29, 0.717) is 37.0 Å². The Labute approximate surface area is 217 Å². The third-order valence-electron chi connectivity index (χ3n) is 6.03. The Kier molecular flexibility index (Phi) is 13.5. The lowest BCUT2D eigenvalue weighted by atomic mass is 10.0. The van der Waals surface area contributed by atoms with Crippen LogP contribution in [0.5, 0.6) is 0 Å². The van der Waals surface area contributed by atoms with E-state index >= 15 is 0 Å². The lowest BCUT2D eigenvalue weighted by Gasteiger charge is -2.29. The normalized spacial score (nSPS) is 14.6. The van der Waals surface area contributed by atoms with E-state index in [-0.39, 0.29) is 18.9 Å². The van der Waals surface area contributed by atoms with Crippen molar-refractivity contribution in [2.45, 2.75) is 51.1 Å². The summed E-state index contributed by atoms with van der Waals surface area (Å²) in [6.45, 7) is 14.2. The molecule has 0 saturated carbocycles. The third-order valence-corrected chi connectivity index (χ3v) is 7.94. The summed E-state index contributed by atoms with van der Waals surface area (Å²) >= 11 is 0. The fraction of sp³-hybridized carbons (Fsp3) is 0.667. The summed E-state index contributed by atoms with van der Waals surface area (Å²) in [5, 5.41) is 10.4. The number of alkyl halides is 3. The van der Waals surface area contributed by atoms with E-state index < -0.39 is 22.2 Å². The van der Waals surface area contributed by atoms with Crippen molar-refractivity contribution >= 4 is 21.9 Å². The highest BCUT2D eigenvalue weighted by atomic mass is 32.2. The number of aliphatic carboxylic acids is 1. The lowest BCUT2D eigenvalue weighted by Crippen LogP contribution is -2.47. The molecule has 37 heavy (non-hydrogen) atoms. The van der Waals surface area contributed by atoms with Crippen molar-refractivity contribution in [3.05, 3.63) is 29.8 Å². The summed E-state index contributed by atoms with van der Waals surface area (Å²) in [5.41, 5.74) is 1.11. The van der Waals surface area contributed by atoms with Crippen molar-refractivity contribution in [2.75, 3.05) is 58.9 Å². The largest absolute Gasteiger partial charge is 0.490 e. The van der Waals surface area contributed by atoms with Gasteiger partial charge < -0.3 is 20.2 Å². The Morgan fingerprint density at radius 1 is 1.03 bits per heavy atom. The fourth-order valence-electron chi connectivity index (χ4n) is 3.61. The molecule has 1 saturated heterocycles. The molecule has 1 heterocycles. The van der Waals surface area contributed by atoms with Gasteiger partial charge in [0.25, 0.3) is 0 Å². The molecule has 0 atom stereocenters. The maximum Gasteiger partial charge on any atom is 0.490 e. The Balaban J connectivity index is 0.000000856. The maximum absolute atomic E-state index is 13.4. The zero-order valence-electron chi connectivity index (χ0n) is 21.9. The number of nitrogens with zero attached hydrogens (tertiary/aromatic N) is 3.